The number of nitrogens with one attached hydrogen (secondary N) is 1. The quantitative estimate of drug-likeness (QED) is 0.431. The van der Waals surface area contributed by atoms with E-state index in [9.17, 15) is 27.2 Å². The zero-order valence-corrected chi connectivity index (χ0v) is 16.9. The fourth-order valence-corrected chi connectivity index (χ4v) is 3.66. The van der Waals surface area contributed by atoms with Crippen LogP contribution in [0.1, 0.15) is 22.8 Å². The van der Waals surface area contributed by atoms with Crippen LogP contribution in [-0.4, -0.2) is 30.0 Å². The van der Waals surface area contributed by atoms with Crippen molar-refractivity contribution in [2.45, 2.75) is 19.1 Å². The highest BCUT2D eigenvalue weighted by molar-refractivity contribution is 7.81. The molecule has 1 fully saturated rings. The second-order valence-electron chi connectivity index (χ2n) is 6.56. The molecule has 0 bridgehead atoms. The molecular weight excluding hydrogens is 436 g/mol. The van der Waals surface area contributed by atoms with Crippen molar-refractivity contribution < 1.29 is 27.2 Å². The maximum Gasteiger partial charge on any atom is 0.407 e. The van der Waals surface area contributed by atoms with Crippen LogP contribution in [0.5, 0.6) is 0 Å². The number of carbonyl (C=O) groups is 2. The molecule has 2 aromatic carbocycles. The molecule has 1 heterocycles. The summed E-state index contributed by atoms with van der Waals surface area (Å²) in [6.07, 6.45) is -4.80. The van der Waals surface area contributed by atoms with Gasteiger partial charge in [0.25, 0.3) is 11.8 Å². The van der Waals surface area contributed by atoms with Gasteiger partial charge in [-0.05, 0) is 49.5 Å². The maximum absolute atomic E-state index is 14.4. The third-order valence-electron chi connectivity index (χ3n) is 4.73. The Morgan fingerprint density at radius 2 is 1.84 bits per heavy atom. The normalized spacial score (nSPS) is 16.5. The highest BCUT2D eigenvalue weighted by Gasteiger charge is 2.43. The Labute approximate surface area is 179 Å². The molecule has 1 aliphatic rings. The Hall–Kier alpha value is -3.52. The molecule has 31 heavy (non-hydrogen) atoms. The molecule has 0 spiro atoms. The van der Waals surface area contributed by atoms with Crippen molar-refractivity contribution in [3.63, 3.8) is 0 Å². The summed E-state index contributed by atoms with van der Waals surface area (Å²) in [5.74, 6) is -2.11. The monoisotopic (exact) mass is 450 g/mol. The van der Waals surface area contributed by atoms with Gasteiger partial charge in [-0.15, -0.1) is 0 Å². The van der Waals surface area contributed by atoms with Crippen molar-refractivity contribution in [2.24, 2.45) is 0 Å². The Balaban J connectivity index is 2.03. The van der Waals surface area contributed by atoms with Gasteiger partial charge in [-0.3, -0.25) is 14.5 Å². The van der Waals surface area contributed by atoms with E-state index in [1.807, 2.05) is 0 Å². The highest BCUT2D eigenvalue weighted by Crippen LogP contribution is 2.40. The molecule has 0 saturated carbocycles. The molecule has 6 nitrogen and oxygen atoms in total. The number of hydrogen-bond acceptors (Lipinski definition) is 3. The zero-order valence-electron chi connectivity index (χ0n) is 16.1. The lowest BCUT2D eigenvalue weighted by atomic mass is 10.1. The fourth-order valence-electron chi connectivity index (χ4n) is 3.20. The fraction of sp³-hybridized carbons (Fsp3) is 0.200. The molecule has 0 aromatic heterocycles. The number of alkyl halides is 3. The molecule has 1 atom stereocenters. The molecule has 2 aromatic rings. The van der Waals surface area contributed by atoms with Gasteiger partial charge >= 0.3 is 6.18 Å². The van der Waals surface area contributed by atoms with E-state index in [2.05, 4.69) is 10.2 Å². The largest absolute Gasteiger partial charge is 0.407 e. The van der Waals surface area contributed by atoms with E-state index in [1.54, 1.807) is 0 Å². The number of anilines is 2. The van der Waals surface area contributed by atoms with Gasteiger partial charge in [0.05, 0.1) is 17.7 Å². The summed E-state index contributed by atoms with van der Waals surface area (Å²) in [7, 11) is 1.35. The van der Waals surface area contributed by atoms with Gasteiger partial charge < -0.3 is 10.2 Å². The lowest BCUT2D eigenvalue weighted by Gasteiger charge is -2.23. The Kier molecular flexibility index (Phi) is 5.69. The van der Waals surface area contributed by atoms with Crippen LogP contribution in [0.2, 0.25) is 0 Å². The SMILES string of the molecule is [C-]#[N+]c1ccc(N2C(=O)C(C)N(c3ccc(C(=O)NC)c(F)c3)C2=S)cc1C(F)(F)F. The summed E-state index contributed by atoms with van der Waals surface area (Å²) in [5.41, 5.74) is -2.01. The van der Waals surface area contributed by atoms with Crippen molar-refractivity contribution in [1.29, 1.82) is 0 Å². The summed E-state index contributed by atoms with van der Waals surface area (Å²) in [5, 5.41) is 2.14. The Bertz CT molecular complexity index is 1140. The lowest BCUT2D eigenvalue weighted by Crippen LogP contribution is -2.34. The molecular formula is C20H14F4N4O2S. The van der Waals surface area contributed by atoms with Crippen LogP contribution in [0.25, 0.3) is 4.85 Å². The smallest absolute Gasteiger partial charge is 0.355 e. The Morgan fingerprint density at radius 1 is 1.19 bits per heavy atom. The predicted octanol–water partition coefficient (Wildman–Crippen LogP) is 4.28. The minimum Gasteiger partial charge on any atom is -0.355 e. The molecule has 1 unspecified atom stereocenters. The summed E-state index contributed by atoms with van der Waals surface area (Å²) in [6.45, 7) is 8.40. The van der Waals surface area contributed by atoms with Gasteiger partial charge in [-0.2, -0.15) is 13.2 Å². The summed E-state index contributed by atoms with van der Waals surface area (Å²) in [6, 6.07) is 5.53. The van der Waals surface area contributed by atoms with E-state index in [4.69, 9.17) is 18.8 Å². The number of nitrogens with zero attached hydrogens (tertiary/aromatic N) is 3. The van der Waals surface area contributed by atoms with Gasteiger partial charge in [0.15, 0.2) is 10.8 Å². The van der Waals surface area contributed by atoms with Crippen LogP contribution in [0, 0.1) is 12.4 Å². The average Bonchev–Trinajstić information content (AvgIpc) is 2.94. The first-order valence-corrected chi connectivity index (χ1v) is 9.19. The summed E-state index contributed by atoms with van der Waals surface area (Å²) in [4.78, 5) is 29.6. The summed E-state index contributed by atoms with van der Waals surface area (Å²) >= 11 is 5.32. The second kappa shape index (κ2) is 7.96. The first-order valence-electron chi connectivity index (χ1n) is 8.78. The molecule has 160 valence electrons. The third-order valence-corrected chi connectivity index (χ3v) is 5.11. The number of benzene rings is 2. The Morgan fingerprint density at radius 3 is 2.39 bits per heavy atom. The highest BCUT2D eigenvalue weighted by atomic mass is 32.1. The van der Waals surface area contributed by atoms with Gasteiger partial charge in [0, 0.05) is 18.4 Å². The number of carbonyl (C=O) groups excluding carboxylic acids is 2. The van der Waals surface area contributed by atoms with E-state index in [-0.39, 0.29) is 22.1 Å². The number of thiocarbonyl (C=S) groups is 1. The van der Waals surface area contributed by atoms with E-state index in [1.165, 1.54) is 37.1 Å². The molecule has 0 aliphatic carbocycles. The van der Waals surface area contributed by atoms with Crippen molar-refractivity contribution in [3.8, 4) is 0 Å². The van der Waals surface area contributed by atoms with Crippen molar-refractivity contribution in [1.82, 2.24) is 5.32 Å². The van der Waals surface area contributed by atoms with Crippen LogP contribution in [0.3, 0.4) is 0 Å². The number of rotatable bonds is 3. The van der Waals surface area contributed by atoms with E-state index < -0.39 is 41.1 Å². The van der Waals surface area contributed by atoms with E-state index in [0.29, 0.717) is 6.07 Å². The molecule has 1 saturated heterocycles. The van der Waals surface area contributed by atoms with Crippen LogP contribution < -0.4 is 15.1 Å². The first kappa shape index (κ1) is 22.2. The maximum atomic E-state index is 14.4. The number of amides is 2. The van der Waals surface area contributed by atoms with Crippen LogP contribution in [0.15, 0.2) is 36.4 Å². The second-order valence-corrected chi connectivity index (χ2v) is 6.92. The lowest BCUT2D eigenvalue weighted by molar-refractivity contribution is -0.136. The van der Waals surface area contributed by atoms with Crippen LogP contribution in [-0.2, 0) is 11.0 Å². The number of halogens is 4. The van der Waals surface area contributed by atoms with Gasteiger partial charge in [0.1, 0.15) is 11.9 Å². The van der Waals surface area contributed by atoms with Crippen LogP contribution in [0.4, 0.5) is 34.6 Å². The minimum absolute atomic E-state index is 0.159. The molecule has 2 amide bonds. The standard InChI is InChI=1S/C20H14F4N4O2S/c1-10-18(30)28(11-5-7-16(25-2)14(8-11)20(22,23)24)19(31)27(10)12-4-6-13(15(21)9-12)17(29)26-3/h4-10H,1,3H3,(H,26,29). The topological polar surface area (TPSA) is 57.0 Å². The summed E-state index contributed by atoms with van der Waals surface area (Å²) < 4.78 is 54.4. The number of hydrogen-bond donors (Lipinski definition) is 1. The van der Waals surface area contributed by atoms with Crippen molar-refractivity contribution in [2.75, 3.05) is 16.8 Å². The van der Waals surface area contributed by atoms with Gasteiger partial charge in [-0.1, -0.05) is 6.07 Å². The van der Waals surface area contributed by atoms with E-state index in [0.717, 1.165) is 17.0 Å². The van der Waals surface area contributed by atoms with Crippen LogP contribution >= 0.6 is 12.2 Å². The van der Waals surface area contributed by atoms with Gasteiger partial charge in [-0.25, -0.2) is 9.24 Å². The predicted molar refractivity (Wildman–Crippen MR) is 110 cm³/mol. The molecule has 0 radical (unpaired) electrons. The van der Waals surface area contributed by atoms with Gasteiger partial charge in [0.2, 0.25) is 0 Å². The molecule has 3 rings (SSSR count). The minimum atomic E-state index is -4.80. The third kappa shape index (κ3) is 3.82. The molecule has 11 heteroatoms. The molecule has 1 aliphatic heterocycles. The molecule has 1 N–H and O–H groups in total. The van der Waals surface area contributed by atoms with E-state index >= 15 is 0 Å². The van der Waals surface area contributed by atoms with Crippen molar-refractivity contribution in [3.05, 3.63) is 64.8 Å². The average molecular weight is 450 g/mol. The zero-order chi connectivity index (χ0) is 23.1. The van der Waals surface area contributed by atoms with Crippen molar-refractivity contribution >= 4 is 46.2 Å². The first-order chi connectivity index (χ1) is 14.5.